The summed E-state index contributed by atoms with van der Waals surface area (Å²) in [5, 5.41) is 2.95. The van der Waals surface area contributed by atoms with E-state index in [-0.39, 0.29) is 23.7 Å². The zero-order valence-corrected chi connectivity index (χ0v) is 14.3. The first kappa shape index (κ1) is 17.5. The summed E-state index contributed by atoms with van der Waals surface area (Å²) >= 11 is 0. The summed E-state index contributed by atoms with van der Waals surface area (Å²) in [7, 11) is 4.03. The van der Waals surface area contributed by atoms with Gasteiger partial charge in [0.1, 0.15) is 0 Å². The summed E-state index contributed by atoms with van der Waals surface area (Å²) in [4.78, 5) is 28.6. The summed E-state index contributed by atoms with van der Waals surface area (Å²) < 4.78 is 0. The predicted molar refractivity (Wildman–Crippen MR) is 92.2 cm³/mol. The van der Waals surface area contributed by atoms with E-state index >= 15 is 0 Å². The lowest BCUT2D eigenvalue weighted by molar-refractivity contribution is -0.126. The highest BCUT2D eigenvalue weighted by molar-refractivity contribution is 6.01. The number of rotatable bonds is 8. The van der Waals surface area contributed by atoms with Gasteiger partial charge >= 0.3 is 0 Å². The molecule has 1 N–H and O–H groups in total. The van der Waals surface area contributed by atoms with Crippen LogP contribution in [0.4, 0.5) is 5.69 Å². The molecular weight excluding hydrogens is 290 g/mol. The van der Waals surface area contributed by atoms with Crippen LogP contribution in [0.2, 0.25) is 0 Å². The molecule has 1 aromatic carbocycles. The fourth-order valence-electron chi connectivity index (χ4n) is 2.77. The number of carbonyl (C=O) groups excluding carboxylic acids is 2. The predicted octanol–water partition coefficient (Wildman–Crippen LogP) is 1.74. The molecule has 1 aliphatic rings. The van der Waals surface area contributed by atoms with Crippen molar-refractivity contribution in [2.24, 2.45) is 11.8 Å². The van der Waals surface area contributed by atoms with Gasteiger partial charge in [0.15, 0.2) is 0 Å². The molecule has 0 aromatic heterocycles. The monoisotopic (exact) mass is 317 g/mol. The summed E-state index contributed by atoms with van der Waals surface area (Å²) in [6, 6.07) is 9.64. The van der Waals surface area contributed by atoms with Crippen molar-refractivity contribution in [3.05, 3.63) is 30.3 Å². The first-order valence-corrected chi connectivity index (χ1v) is 8.33. The Balaban J connectivity index is 1.82. The van der Waals surface area contributed by atoms with Crippen molar-refractivity contribution >= 4 is 17.5 Å². The van der Waals surface area contributed by atoms with Crippen LogP contribution in [0, 0.1) is 11.8 Å². The third-order valence-corrected chi connectivity index (χ3v) is 4.18. The lowest BCUT2D eigenvalue weighted by atomic mass is 10.2. The third-order valence-electron chi connectivity index (χ3n) is 4.18. The van der Waals surface area contributed by atoms with Gasteiger partial charge in [-0.25, -0.2) is 0 Å². The quantitative estimate of drug-likeness (QED) is 0.743. The molecule has 2 amide bonds. The Morgan fingerprint density at radius 3 is 2.48 bits per heavy atom. The smallest absolute Gasteiger partial charge is 0.230 e. The van der Waals surface area contributed by atoms with E-state index in [4.69, 9.17) is 0 Å². The van der Waals surface area contributed by atoms with Crippen LogP contribution < -0.4 is 10.2 Å². The number of nitrogens with zero attached hydrogens (tertiary/aromatic N) is 2. The van der Waals surface area contributed by atoms with Crippen LogP contribution >= 0.6 is 0 Å². The topological polar surface area (TPSA) is 52.7 Å². The Bertz CT molecular complexity index is 530. The van der Waals surface area contributed by atoms with Crippen LogP contribution in [-0.4, -0.2) is 50.4 Å². The molecule has 1 aromatic rings. The highest BCUT2D eigenvalue weighted by atomic mass is 16.2. The Morgan fingerprint density at radius 2 is 1.87 bits per heavy atom. The van der Waals surface area contributed by atoms with E-state index in [0.29, 0.717) is 19.5 Å². The number of amides is 2. The molecule has 0 aliphatic heterocycles. The summed E-state index contributed by atoms with van der Waals surface area (Å²) in [6.45, 7) is 4.20. The second-order valence-electron chi connectivity index (χ2n) is 6.31. The minimum absolute atomic E-state index is 0.0196. The molecular formula is C18H27N3O2. The maximum atomic E-state index is 12.6. The van der Waals surface area contributed by atoms with E-state index in [1.807, 2.05) is 51.4 Å². The molecule has 0 heterocycles. The Hall–Kier alpha value is -1.88. The zero-order chi connectivity index (χ0) is 16.8. The Morgan fingerprint density at radius 1 is 1.17 bits per heavy atom. The minimum Gasteiger partial charge on any atom is -0.356 e. The molecule has 1 aliphatic carbocycles. The maximum Gasteiger partial charge on any atom is 0.230 e. The van der Waals surface area contributed by atoms with E-state index in [1.165, 1.54) is 0 Å². The molecule has 5 heteroatoms. The molecule has 5 nitrogen and oxygen atoms in total. The second-order valence-corrected chi connectivity index (χ2v) is 6.31. The number of nitrogens with one attached hydrogen (secondary N) is 1. The van der Waals surface area contributed by atoms with Gasteiger partial charge in [-0.15, -0.1) is 0 Å². The molecule has 0 spiro atoms. The van der Waals surface area contributed by atoms with E-state index in [1.54, 1.807) is 4.90 Å². The lowest BCUT2D eigenvalue weighted by Crippen LogP contribution is -2.34. The van der Waals surface area contributed by atoms with Crippen molar-refractivity contribution in [1.29, 1.82) is 0 Å². The Labute approximate surface area is 138 Å². The Kier molecular flexibility index (Phi) is 6.16. The first-order valence-electron chi connectivity index (χ1n) is 8.33. The van der Waals surface area contributed by atoms with E-state index < -0.39 is 0 Å². The van der Waals surface area contributed by atoms with Crippen LogP contribution in [0.3, 0.4) is 0 Å². The molecule has 0 saturated heterocycles. The summed E-state index contributed by atoms with van der Waals surface area (Å²) in [5.41, 5.74) is 0.900. The van der Waals surface area contributed by atoms with Gasteiger partial charge in [-0.1, -0.05) is 18.2 Å². The normalized spacial score (nSPS) is 19.5. The lowest BCUT2D eigenvalue weighted by Gasteiger charge is -2.21. The number of benzene rings is 1. The molecule has 2 unspecified atom stereocenters. The fourth-order valence-corrected chi connectivity index (χ4v) is 2.77. The average Bonchev–Trinajstić information content (AvgIpc) is 3.33. The molecule has 126 valence electrons. The number of hydrogen-bond donors (Lipinski definition) is 1. The van der Waals surface area contributed by atoms with Crippen molar-refractivity contribution < 1.29 is 9.59 Å². The number of anilines is 1. The van der Waals surface area contributed by atoms with Crippen LogP contribution in [0.5, 0.6) is 0 Å². The van der Waals surface area contributed by atoms with Gasteiger partial charge in [0.05, 0.1) is 11.8 Å². The highest BCUT2D eigenvalue weighted by Crippen LogP contribution is 2.40. The van der Waals surface area contributed by atoms with E-state index in [2.05, 4.69) is 10.2 Å². The van der Waals surface area contributed by atoms with Crippen LogP contribution in [0.25, 0.3) is 0 Å². The third kappa shape index (κ3) is 4.79. The first-order chi connectivity index (χ1) is 11.0. The SMILES string of the molecule is CCN(C(=O)C1CC1C(=O)NCCCN(C)C)c1ccccc1. The van der Waals surface area contributed by atoms with Crippen molar-refractivity contribution in [3.8, 4) is 0 Å². The molecule has 1 fully saturated rings. The molecule has 2 atom stereocenters. The van der Waals surface area contributed by atoms with Gasteiger partial charge in [0, 0.05) is 18.8 Å². The van der Waals surface area contributed by atoms with Crippen molar-refractivity contribution in [1.82, 2.24) is 10.2 Å². The zero-order valence-electron chi connectivity index (χ0n) is 14.3. The summed E-state index contributed by atoms with van der Waals surface area (Å²) in [6.07, 6.45) is 1.59. The molecule has 0 radical (unpaired) electrons. The van der Waals surface area contributed by atoms with E-state index in [9.17, 15) is 9.59 Å². The molecule has 23 heavy (non-hydrogen) atoms. The van der Waals surface area contributed by atoms with Gasteiger partial charge in [-0.3, -0.25) is 9.59 Å². The second kappa shape index (κ2) is 8.11. The van der Waals surface area contributed by atoms with Crippen molar-refractivity contribution in [3.63, 3.8) is 0 Å². The van der Waals surface area contributed by atoms with Gasteiger partial charge in [0.25, 0.3) is 0 Å². The highest BCUT2D eigenvalue weighted by Gasteiger charge is 2.49. The number of carbonyl (C=O) groups is 2. The van der Waals surface area contributed by atoms with Crippen LogP contribution in [0.15, 0.2) is 30.3 Å². The molecule has 1 saturated carbocycles. The van der Waals surface area contributed by atoms with Crippen molar-refractivity contribution in [2.45, 2.75) is 19.8 Å². The van der Waals surface area contributed by atoms with Gasteiger partial charge < -0.3 is 15.1 Å². The number of para-hydroxylation sites is 1. The molecule has 2 rings (SSSR count). The minimum atomic E-state index is -0.163. The van der Waals surface area contributed by atoms with Crippen molar-refractivity contribution in [2.75, 3.05) is 38.6 Å². The van der Waals surface area contributed by atoms with Gasteiger partial charge in [-0.2, -0.15) is 0 Å². The van der Waals surface area contributed by atoms with Crippen LogP contribution in [0.1, 0.15) is 19.8 Å². The van der Waals surface area contributed by atoms with Crippen LogP contribution in [-0.2, 0) is 9.59 Å². The largest absolute Gasteiger partial charge is 0.356 e. The standard InChI is InChI=1S/C18H27N3O2/c1-4-21(14-9-6-5-7-10-14)18(23)16-13-15(16)17(22)19-11-8-12-20(2)3/h5-7,9-10,15-16H,4,8,11-13H2,1-3H3,(H,19,22). The molecule has 0 bridgehead atoms. The fraction of sp³-hybridized carbons (Fsp3) is 0.556. The maximum absolute atomic E-state index is 12.6. The van der Waals surface area contributed by atoms with E-state index in [0.717, 1.165) is 18.7 Å². The van der Waals surface area contributed by atoms with Gasteiger partial charge in [-0.05, 0) is 52.5 Å². The number of hydrogen-bond acceptors (Lipinski definition) is 3. The summed E-state index contributed by atoms with van der Waals surface area (Å²) in [5.74, 6) is -0.234. The van der Waals surface area contributed by atoms with Gasteiger partial charge in [0.2, 0.25) is 11.8 Å². The average molecular weight is 317 g/mol.